The van der Waals surface area contributed by atoms with Crippen LogP contribution in [0.2, 0.25) is 0 Å². The van der Waals surface area contributed by atoms with Crippen LogP contribution in [-0.2, 0) is 11.3 Å². The molecule has 1 aliphatic heterocycles. The summed E-state index contributed by atoms with van der Waals surface area (Å²) in [5, 5.41) is 7.19. The lowest BCUT2D eigenvalue weighted by Gasteiger charge is -2.32. The van der Waals surface area contributed by atoms with E-state index in [1.165, 1.54) is 5.56 Å². The van der Waals surface area contributed by atoms with Crippen molar-refractivity contribution < 1.29 is 4.79 Å². The van der Waals surface area contributed by atoms with Crippen molar-refractivity contribution >= 4 is 27.7 Å². The zero-order valence-electron chi connectivity index (χ0n) is 15.5. The SMILES string of the molecule is O=C(Nc1ccc(Br)cn1)C1CCCN(Cc2ccc(-n3cccn3)cc2)C1. The van der Waals surface area contributed by atoms with Crippen LogP contribution >= 0.6 is 15.9 Å². The van der Waals surface area contributed by atoms with Crippen molar-refractivity contribution in [2.24, 2.45) is 5.92 Å². The van der Waals surface area contributed by atoms with E-state index < -0.39 is 0 Å². The molecule has 3 aromatic rings. The number of carbonyl (C=O) groups excluding carboxylic acids is 1. The molecule has 7 heteroatoms. The van der Waals surface area contributed by atoms with E-state index >= 15 is 0 Å². The van der Waals surface area contributed by atoms with Crippen molar-refractivity contribution in [3.05, 3.63) is 71.1 Å². The number of rotatable bonds is 5. The molecule has 0 bridgehead atoms. The van der Waals surface area contributed by atoms with Gasteiger partial charge in [0.25, 0.3) is 0 Å². The van der Waals surface area contributed by atoms with Gasteiger partial charge in [-0.2, -0.15) is 5.10 Å². The Bertz CT molecular complexity index is 909. The van der Waals surface area contributed by atoms with Gasteiger partial charge in [0.05, 0.1) is 11.6 Å². The third-order valence-corrected chi connectivity index (χ3v) is 5.44. The first-order chi connectivity index (χ1) is 13.7. The molecule has 1 unspecified atom stereocenters. The van der Waals surface area contributed by atoms with Crippen LogP contribution in [0.4, 0.5) is 5.82 Å². The van der Waals surface area contributed by atoms with Crippen LogP contribution < -0.4 is 5.32 Å². The van der Waals surface area contributed by atoms with Crippen molar-refractivity contribution in [3.63, 3.8) is 0 Å². The lowest BCUT2D eigenvalue weighted by atomic mass is 9.96. The summed E-state index contributed by atoms with van der Waals surface area (Å²) in [5.41, 5.74) is 2.29. The van der Waals surface area contributed by atoms with Crippen molar-refractivity contribution in [1.29, 1.82) is 0 Å². The molecule has 1 saturated heterocycles. The number of halogens is 1. The standard InChI is InChI=1S/C21H22BrN5O/c22-18-6-9-20(23-13-18)25-21(28)17-3-1-11-26(15-17)14-16-4-7-19(8-5-16)27-12-2-10-24-27/h2,4-10,12-13,17H,1,3,11,14-15H2,(H,23,25,28). The topological polar surface area (TPSA) is 63.1 Å². The van der Waals surface area contributed by atoms with E-state index in [-0.39, 0.29) is 11.8 Å². The number of amides is 1. The molecule has 1 N–H and O–H groups in total. The van der Waals surface area contributed by atoms with Crippen LogP contribution in [0.1, 0.15) is 18.4 Å². The summed E-state index contributed by atoms with van der Waals surface area (Å²) in [6.45, 7) is 2.63. The number of hydrogen-bond acceptors (Lipinski definition) is 4. The molecule has 0 aliphatic carbocycles. The molecule has 0 radical (unpaired) electrons. The van der Waals surface area contributed by atoms with E-state index in [2.05, 4.69) is 60.5 Å². The lowest BCUT2D eigenvalue weighted by Crippen LogP contribution is -2.40. The zero-order chi connectivity index (χ0) is 19.3. The molecule has 3 heterocycles. The molecular formula is C21H22BrN5O. The summed E-state index contributed by atoms with van der Waals surface area (Å²) in [6.07, 6.45) is 7.34. The van der Waals surface area contributed by atoms with Crippen LogP contribution in [-0.4, -0.2) is 38.7 Å². The van der Waals surface area contributed by atoms with Gasteiger partial charge in [-0.05, 0) is 71.2 Å². The molecule has 2 aromatic heterocycles. The van der Waals surface area contributed by atoms with Gasteiger partial charge in [-0.25, -0.2) is 9.67 Å². The first-order valence-electron chi connectivity index (χ1n) is 9.41. The minimum atomic E-state index is -0.0115. The van der Waals surface area contributed by atoms with Crippen LogP contribution in [0.3, 0.4) is 0 Å². The fraction of sp³-hybridized carbons (Fsp3) is 0.286. The second-order valence-corrected chi connectivity index (χ2v) is 7.96. The summed E-state index contributed by atoms with van der Waals surface area (Å²) >= 11 is 3.36. The smallest absolute Gasteiger partial charge is 0.229 e. The van der Waals surface area contributed by atoms with Gasteiger partial charge in [0.2, 0.25) is 5.91 Å². The maximum atomic E-state index is 12.6. The van der Waals surface area contributed by atoms with Gasteiger partial charge in [-0.3, -0.25) is 9.69 Å². The molecule has 6 nitrogen and oxygen atoms in total. The van der Waals surface area contributed by atoms with Crippen molar-refractivity contribution in [3.8, 4) is 5.69 Å². The highest BCUT2D eigenvalue weighted by atomic mass is 79.9. The highest BCUT2D eigenvalue weighted by Crippen LogP contribution is 2.21. The molecule has 1 aliphatic rings. The lowest BCUT2D eigenvalue weighted by molar-refractivity contribution is -0.121. The fourth-order valence-corrected chi connectivity index (χ4v) is 3.76. The molecule has 4 rings (SSSR count). The number of aromatic nitrogens is 3. The maximum Gasteiger partial charge on any atom is 0.229 e. The number of piperidine rings is 1. The van der Waals surface area contributed by atoms with Gasteiger partial charge in [0.1, 0.15) is 5.82 Å². The quantitative estimate of drug-likeness (QED) is 0.654. The molecule has 1 atom stereocenters. The van der Waals surface area contributed by atoms with E-state index in [0.717, 1.165) is 42.6 Å². The van der Waals surface area contributed by atoms with Gasteiger partial charge in [0.15, 0.2) is 0 Å². The Kier molecular flexibility index (Phi) is 5.83. The average Bonchev–Trinajstić information content (AvgIpc) is 3.25. The van der Waals surface area contributed by atoms with Crippen molar-refractivity contribution in [2.45, 2.75) is 19.4 Å². The number of anilines is 1. The molecule has 0 spiro atoms. The van der Waals surface area contributed by atoms with Gasteiger partial charge < -0.3 is 5.32 Å². The highest BCUT2D eigenvalue weighted by molar-refractivity contribution is 9.10. The molecule has 28 heavy (non-hydrogen) atoms. The molecule has 1 aromatic carbocycles. The third-order valence-electron chi connectivity index (χ3n) is 4.97. The normalized spacial score (nSPS) is 17.4. The summed E-state index contributed by atoms with van der Waals surface area (Å²) in [6, 6.07) is 14.0. The predicted octanol–water partition coefficient (Wildman–Crippen LogP) is 3.88. The maximum absolute atomic E-state index is 12.6. The molecule has 1 fully saturated rings. The summed E-state index contributed by atoms with van der Waals surface area (Å²) in [7, 11) is 0. The number of likely N-dealkylation sites (tertiary alicyclic amines) is 1. The highest BCUT2D eigenvalue weighted by Gasteiger charge is 2.26. The van der Waals surface area contributed by atoms with Crippen LogP contribution in [0, 0.1) is 5.92 Å². The van der Waals surface area contributed by atoms with Crippen LogP contribution in [0.15, 0.2) is 65.5 Å². The first kappa shape index (κ1) is 18.8. The second-order valence-electron chi connectivity index (χ2n) is 7.04. The minimum Gasteiger partial charge on any atom is -0.310 e. The van der Waals surface area contributed by atoms with Crippen LogP contribution in [0.5, 0.6) is 0 Å². The van der Waals surface area contributed by atoms with Crippen LogP contribution in [0.25, 0.3) is 5.69 Å². The van der Waals surface area contributed by atoms with E-state index in [0.29, 0.717) is 5.82 Å². The Morgan fingerprint density at radius 1 is 1.21 bits per heavy atom. The monoisotopic (exact) mass is 439 g/mol. The van der Waals surface area contributed by atoms with Crippen molar-refractivity contribution in [2.75, 3.05) is 18.4 Å². The summed E-state index contributed by atoms with van der Waals surface area (Å²) in [4.78, 5) is 19.2. The number of benzene rings is 1. The fourth-order valence-electron chi connectivity index (χ4n) is 3.53. The van der Waals surface area contributed by atoms with Gasteiger partial charge in [-0.1, -0.05) is 12.1 Å². The van der Waals surface area contributed by atoms with Crippen molar-refractivity contribution in [1.82, 2.24) is 19.7 Å². The zero-order valence-corrected chi connectivity index (χ0v) is 17.0. The Balaban J connectivity index is 1.34. The van der Waals surface area contributed by atoms with E-state index in [1.807, 2.05) is 29.1 Å². The third kappa shape index (κ3) is 4.66. The largest absolute Gasteiger partial charge is 0.310 e. The molecular weight excluding hydrogens is 418 g/mol. The second kappa shape index (κ2) is 8.67. The van der Waals surface area contributed by atoms with E-state index in [1.54, 1.807) is 12.4 Å². The Hall–Kier alpha value is -2.51. The number of nitrogens with zero attached hydrogens (tertiary/aromatic N) is 4. The Morgan fingerprint density at radius 3 is 2.79 bits per heavy atom. The molecule has 1 amide bonds. The number of nitrogens with one attached hydrogen (secondary N) is 1. The molecule has 144 valence electrons. The predicted molar refractivity (Wildman–Crippen MR) is 112 cm³/mol. The number of hydrogen-bond donors (Lipinski definition) is 1. The average molecular weight is 440 g/mol. The number of carbonyl (C=O) groups is 1. The van der Waals surface area contributed by atoms with E-state index in [9.17, 15) is 4.79 Å². The Morgan fingerprint density at radius 2 is 2.07 bits per heavy atom. The summed E-state index contributed by atoms with van der Waals surface area (Å²) in [5.74, 6) is 0.635. The number of pyridine rings is 1. The minimum absolute atomic E-state index is 0.0115. The van der Waals surface area contributed by atoms with Gasteiger partial charge in [-0.15, -0.1) is 0 Å². The van der Waals surface area contributed by atoms with Gasteiger partial charge in [0, 0.05) is 36.2 Å². The van der Waals surface area contributed by atoms with Gasteiger partial charge >= 0.3 is 0 Å². The van der Waals surface area contributed by atoms with E-state index in [4.69, 9.17) is 0 Å². The summed E-state index contributed by atoms with van der Waals surface area (Å²) < 4.78 is 2.74. The first-order valence-corrected chi connectivity index (χ1v) is 10.2. The Labute approximate surface area is 172 Å². The molecule has 0 saturated carbocycles.